The monoisotopic (exact) mass is 610 g/mol. The lowest BCUT2D eigenvalue weighted by molar-refractivity contribution is -0.138. The number of halogens is 4. The van der Waals surface area contributed by atoms with Gasteiger partial charge in [0.25, 0.3) is 5.91 Å². The molecule has 4 rings (SSSR count). The summed E-state index contributed by atoms with van der Waals surface area (Å²) in [7, 11) is 0. The predicted molar refractivity (Wildman–Crippen MR) is 158 cm³/mol. The number of amides is 1. The SMILES string of the molecule is CC(C)c1cc(N2C(=S)N(c3cnc(C#N)c(C(F)(F)F)c3)C(=O)C2(C)C)ccc1OCCN1CCN[C@H](C)C1.Cl. The van der Waals surface area contributed by atoms with Crippen molar-refractivity contribution >= 4 is 47.0 Å². The number of aromatic nitrogens is 1. The molecule has 8 nitrogen and oxygen atoms in total. The Labute approximate surface area is 249 Å². The van der Waals surface area contributed by atoms with E-state index in [1.807, 2.05) is 26.0 Å². The molecule has 3 heterocycles. The molecule has 2 saturated heterocycles. The number of hydrogen-bond acceptors (Lipinski definition) is 7. The third-order valence-corrected chi connectivity index (χ3v) is 7.57. The summed E-state index contributed by atoms with van der Waals surface area (Å²) in [5.74, 6) is 0.324. The number of nitrogens with one attached hydrogen (secondary N) is 1. The molecule has 2 aliphatic heterocycles. The second kappa shape index (κ2) is 12.5. The topological polar surface area (TPSA) is 84.7 Å². The second-order valence-electron chi connectivity index (χ2n) is 10.9. The Bertz CT molecular complexity index is 1350. The van der Waals surface area contributed by atoms with Gasteiger partial charge in [-0.25, -0.2) is 4.98 Å². The van der Waals surface area contributed by atoms with E-state index in [-0.39, 0.29) is 29.1 Å². The minimum Gasteiger partial charge on any atom is -0.492 e. The standard InChI is InChI=1S/C28H33F3N6O2S.ClH/c1-17(2)21-12-19(6-7-24(21)39-11-10-35-9-8-33-18(3)16-35)37-26(40)36(25(38)27(37,4)5)20-13-22(28(29,30)31)23(14-32)34-15-20;/h6-7,12-13,15,17-18,33H,8-11,16H2,1-5H3;1H/t18-;/m1./s1. The summed E-state index contributed by atoms with van der Waals surface area (Å²) in [6, 6.07) is 8.20. The zero-order valence-electron chi connectivity index (χ0n) is 23.6. The zero-order chi connectivity index (χ0) is 29.4. The lowest BCUT2D eigenvalue weighted by Crippen LogP contribution is -2.50. The van der Waals surface area contributed by atoms with Crippen LogP contribution < -0.4 is 19.9 Å². The first-order valence-corrected chi connectivity index (χ1v) is 13.5. The van der Waals surface area contributed by atoms with Gasteiger partial charge in [0.15, 0.2) is 10.8 Å². The van der Waals surface area contributed by atoms with Gasteiger partial charge in [-0.1, -0.05) is 13.8 Å². The van der Waals surface area contributed by atoms with Crippen LogP contribution in [0.15, 0.2) is 30.5 Å². The quantitative estimate of drug-likeness (QED) is 0.433. The fourth-order valence-corrected chi connectivity index (χ4v) is 5.62. The smallest absolute Gasteiger partial charge is 0.419 e. The third-order valence-electron chi connectivity index (χ3n) is 7.20. The molecule has 222 valence electrons. The summed E-state index contributed by atoms with van der Waals surface area (Å²) in [5, 5.41) is 12.5. The normalized spacial score (nSPS) is 19.4. The fraction of sp³-hybridized carbons (Fsp3) is 0.500. The lowest BCUT2D eigenvalue weighted by atomic mass is 9.98. The highest BCUT2D eigenvalue weighted by Crippen LogP contribution is 2.41. The van der Waals surface area contributed by atoms with Crippen molar-refractivity contribution in [2.24, 2.45) is 0 Å². The highest BCUT2D eigenvalue weighted by molar-refractivity contribution is 7.81. The molecule has 2 fully saturated rings. The lowest BCUT2D eigenvalue weighted by Gasteiger charge is -2.32. The van der Waals surface area contributed by atoms with Crippen LogP contribution in [-0.2, 0) is 11.0 Å². The van der Waals surface area contributed by atoms with Crippen LogP contribution in [0.4, 0.5) is 24.5 Å². The summed E-state index contributed by atoms with van der Waals surface area (Å²) in [5.41, 5.74) is -1.79. The summed E-state index contributed by atoms with van der Waals surface area (Å²) in [6.45, 7) is 13.8. The van der Waals surface area contributed by atoms with Gasteiger partial charge >= 0.3 is 6.18 Å². The van der Waals surface area contributed by atoms with E-state index in [1.54, 1.807) is 24.8 Å². The minimum atomic E-state index is -4.82. The maximum atomic E-state index is 13.6. The molecule has 1 aromatic heterocycles. The number of nitrogens with zero attached hydrogens (tertiary/aromatic N) is 5. The molecule has 0 saturated carbocycles. The van der Waals surface area contributed by atoms with Crippen molar-refractivity contribution in [3.63, 3.8) is 0 Å². The van der Waals surface area contributed by atoms with E-state index < -0.39 is 28.9 Å². The fourth-order valence-electron chi connectivity index (χ4n) is 5.09. The highest BCUT2D eigenvalue weighted by atomic mass is 35.5. The maximum absolute atomic E-state index is 13.6. The van der Waals surface area contributed by atoms with E-state index in [4.69, 9.17) is 22.2 Å². The molecule has 1 N–H and O–H groups in total. The van der Waals surface area contributed by atoms with Crippen molar-refractivity contribution in [3.05, 3.63) is 47.3 Å². The molecule has 0 unspecified atom stereocenters. The van der Waals surface area contributed by atoms with Crippen molar-refractivity contribution in [3.8, 4) is 11.8 Å². The number of benzene rings is 1. The molecule has 2 aliphatic rings. The predicted octanol–water partition coefficient (Wildman–Crippen LogP) is 5.11. The van der Waals surface area contributed by atoms with Gasteiger partial charge in [0.2, 0.25) is 0 Å². The molecule has 2 aromatic rings. The number of thiocarbonyl (C=S) groups is 1. The van der Waals surface area contributed by atoms with Crippen LogP contribution in [0.25, 0.3) is 0 Å². The van der Waals surface area contributed by atoms with Gasteiger partial charge in [-0.3, -0.25) is 14.6 Å². The van der Waals surface area contributed by atoms with Crippen molar-refractivity contribution in [1.82, 2.24) is 15.2 Å². The molecule has 1 amide bonds. The first-order valence-electron chi connectivity index (χ1n) is 13.1. The number of carbonyl (C=O) groups excluding carboxylic acids is 1. The van der Waals surface area contributed by atoms with Crippen LogP contribution in [-0.4, -0.2) is 65.3 Å². The molecular formula is C28H34ClF3N6O2S. The number of hydrogen-bond donors (Lipinski definition) is 1. The van der Waals surface area contributed by atoms with Crippen LogP contribution >= 0.6 is 24.6 Å². The number of carbonyl (C=O) groups is 1. The van der Waals surface area contributed by atoms with Crippen molar-refractivity contribution in [1.29, 1.82) is 5.26 Å². The Hall–Kier alpha value is -2.98. The van der Waals surface area contributed by atoms with E-state index in [1.165, 1.54) is 6.07 Å². The Morgan fingerprint density at radius 1 is 1.27 bits per heavy atom. The number of pyridine rings is 1. The average molecular weight is 611 g/mol. The zero-order valence-corrected chi connectivity index (χ0v) is 25.2. The first kappa shape index (κ1) is 32.5. The van der Waals surface area contributed by atoms with Gasteiger partial charge < -0.3 is 15.0 Å². The Balaban J connectivity index is 0.00000462. The van der Waals surface area contributed by atoms with Gasteiger partial charge in [0.1, 0.15) is 24.0 Å². The Morgan fingerprint density at radius 2 is 1.98 bits per heavy atom. The number of rotatable bonds is 7. The molecule has 0 aliphatic carbocycles. The largest absolute Gasteiger partial charge is 0.492 e. The first-order chi connectivity index (χ1) is 18.8. The Kier molecular flexibility index (Phi) is 9.91. The number of alkyl halides is 3. The van der Waals surface area contributed by atoms with Crippen LogP contribution in [0.5, 0.6) is 5.75 Å². The van der Waals surface area contributed by atoms with E-state index in [0.29, 0.717) is 18.3 Å². The Morgan fingerprint density at radius 3 is 2.59 bits per heavy atom. The molecular weight excluding hydrogens is 577 g/mol. The van der Waals surface area contributed by atoms with Crippen molar-refractivity contribution in [2.75, 3.05) is 42.6 Å². The van der Waals surface area contributed by atoms with Crippen LogP contribution in [0.3, 0.4) is 0 Å². The van der Waals surface area contributed by atoms with Gasteiger partial charge in [-0.15, -0.1) is 12.4 Å². The van der Waals surface area contributed by atoms with Gasteiger partial charge in [0.05, 0.1) is 17.4 Å². The maximum Gasteiger partial charge on any atom is 0.419 e. The highest BCUT2D eigenvalue weighted by Gasteiger charge is 2.51. The summed E-state index contributed by atoms with van der Waals surface area (Å²) < 4.78 is 47.0. The molecule has 0 bridgehead atoms. The average Bonchev–Trinajstić information content (AvgIpc) is 3.06. The molecule has 0 spiro atoms. The summed E-state index contributed by atoms with van der Waals surface area (Å²) in [6.07, 6.45) is -3.76. The molecule has 0 radical (unpaired) electrons. The van der Waals surface area contributed by atoms with Crippen LogP contribution in [0.2, 0.25) is 0 Å². The van der Waals surface area contributed by atoms with Gasteiger partial charge in [-0.2, -0.15) is 18.4 Å². The summed E-state index contributed by atoms with van der Waals surface area (Å²) >= 11 is 5.66. The van der Waals surface area contributed by atoms with E-state index in [2.05, 4.69) is 22.1 Å². The van der Waals surface area contributed by atoms with Gasteiger partial charge in [-0.05, 0) is 68.7 Å². The number of anilines is 2. The van der Waals surface area contributed by atoms with E-state index in [9.17, 15) is 18.0 Å². The minimum absolute atomic E-state index is 0. The van der Waals surface area contributed by atoms with Crippen molar-refractivity contribution in [2.45, 2.75) is 58.3 Å². The molecule has 41 heavy (non-hydrogen) atoms. The molecule has 13 heteroatoms. The second-order valence-corrected chi connectivity index (χ2v) is 11.3. The van der Waals surface area contributed by atoms with Gasteiger partial charge in [0, 0.05) is 37.9 Å². The van der Waals surface area contributed by atoms with Crippen LogP contribution in [0, 0.1) is 11.3 Å². The molecule has 1 atom stereocenters. The molecule has 1 aromatic carbocycles. The number of nitriles is 1. The van der Waals surface area contributed by atoms with E-state index in [0.717, 1.165) is 54.7 Å². The third kappa shape index (κ3) is 6.59. The van der Waals surface area contributed by atoms with E-state index >= 15 is 0 Å². The number of piperazine rings is 1. The van der Waals surface area contributed by atoms with Crippen LogP contribution in [0.1, 0.15) is 57.4 Å². The van der Waals surface area contributed by atoms with Crippen molar-refractivity contribution < 1.29 is 22.7 Å². The number of ether oxygens (including phenoxy) is 1. The summed E-state index contributed by atoms with van der Waals surface area (Å²) in [4.78, 5) is 22.2.